The van der Waals surface area contributed by atoms with Crippen LogP contribution < -0.4 is 5.32 Å². The quantitative estimate of drug-likeness (QED) is 0.866. The molecule has 5 heteroatoms. The van der Waals surface area contributed by atoms with Gasteiger partial charge in [-0.3, -0.25) is 4.79 Å². The number of amides is 1. The summed E-state index contributed by atoms with van der Waals surface area (Å²) in [6, 6.07) is 6.90. The highest BCUT2D eigenvalue weighted by molar-refractivity contribution is 6.31. The first kappa shape index (κ1) is 12.9. The molecule has 1 aromatic carbocycles. The lowest BCUT2D eigenvalue weighted by Gasteiger charge is -2.36. The second kappa shape index (κ2) is 4.98. The van der Waals surface area contributed by atoms with Crippen molar-refractivity contribution in [3.63, 3.8) is 0 Å². The van der Waals surface area contributed by atoms with E-state index < -0.39 is 11.6 Å². The maximum atomic E-state index is 12.2. The van der Waals surface area contributed by atoms with Crippen molar-refractivity contribution in [3.8, 4) is 0 Å². The topological polar surface area (TPSA) is 66.4 Å². The number of halogens is 1. The molecular weight excluding hydrogens is 254 g/mol. The molecule has 1 aliphatic rings. The third kappa shape index (κ3) is 2.20. The van der Waals surface area contributed by atoms with Crippen molar-refractivity contribution in [2.24, 2.45) is 0 Å². The van der Waals surface area contributed by atoms with E-state index >= 15 is 0 Å². The van der Waals surface area contributed by atoms with Gasteiger partial charge in [0.2, 0.25) is 0 Å². The largest absolute Gasteiger partial charge is 0.465 e. The molecule has 1 fully saturated rings. The molecule has 2 rings (SSSR count). The van der Waals surface area contributed by atoms with Gasteiger partial charge in [0, 0.05) is 17.0 Å². The number of carbonyl (C=O) groups is 2. The van der Waals surface area contributed by atoms with Crippen molar-refractivity contribution >= 4 is 23.5 Å². The first-order chi connectivity index (χ1) is 8.56. The van der Waals surface area contributed by atoms with Crippen LogP contribution in [0.3, 0.4) is 0 Å². The molecule has 1 amide bonds. The minimum atomic E-state index is -1.20. The number of hydrogen-bond donors (Lipinski definition) is 2. The van der Waals surface area contributed by atoms with Gasteiger partial charge >= 0.3 is 6.09 Å². The fourth-order valence-electron chi connectivity index (χ4n) is 2.50. The van der Waals surface area contributed by atoms with E-state index in [1.807, 2.05) is 0 Å². The van der Waals surface area contributed by atoms with E-state index in [4.69, 9.17) is 16.7 Å². The minimum Gasteiger partial charge on any atom is -0.465 e. The van der Waals surface area contributed by atoms with Gasteiger partial charge in [0.25, 0.3) is 0 Å². The van der Waals surface area contributed by atoms with E-state index in [0.29, 0.717) is 23.4 Å². The summed E-state index contributed by atoms with van der Waals surface area (Å²) in [6.07, 6.45) is 1.24. The second-order valence-corrected chi connectivity index (χ2v) is 4.85. The Labute approximate surface area is 110 Å². The molecule has 0 radical (unpaired) electrons. The molecule has 1 aliphatic carbocycles. The highest BCUT2D eigenvalue weighted by Crippen LogP contribution is 2.37. The summed E-state index contributed by atoms with van der Waals surface area (Å²) < 4.78 is 0. The Morgan fingerprint density at radius 3 is 2.67 bits per heavy atom. The number of carbonyl (C=O) groups excluding carboxylic acids is 1. The molecule has 1 saturated carbocycles. The lowest BCUT2D eigenvalue weighted by molar-refractivity contribution is -0.127. The first-order valence-electron chi connectivity index (χ1n) is 5.86. The summed E-state index contributed by atoms with van der Waals surface area (Å²) in [4.78, 5) is 23.2. The Bertz CT molecular complexity index is 489. The third-order valence-electron chi connectivity index (χ3n) is 3.34. The molecule has 18 heavy (non-hydrogen) atoms. The van der Waals surface area contributed by atoms with E-state index in [2.05, 4.69) is 5.32 Å². The predicted octanol–water partition coefficient (Wildman–Crippen LogP) is 2.95. The maximum absolute atomic E-state index is 12.2. The van der Waals surface area contributed by atoms with Crippen molar-refractivity contribution in [2.75, 3.05) is 0 Å². The number of hydrogen-bond acceptors (Lipinski definition) is 2. The molecule has 0 saturated heterocycles. The number of benzene rings is 1. The Balaban J connectivity index is 2.51. The first-order valence-corrected chi connectivity index (χ1v) is 6.23. The highest BCUT2D eigenvalue weighted by Gasteiger charge is 2.43. The van der Waals surface area contributed by atoms with Crippen molar-refractivity contribution in [3.05, 3.63) is 34.9 Å². The summed E-state index contributed by atoms with van der Waals surface area (Å²) in [5.41, 5.74) is -0.624. The standard InChI is InChI=1S/C13H14ClNO3/c14-10-6-2-1-5-9(10)13(15-12(17)18)8-4-3-7-11(13)16/h1-2,5-6,15H,3-4,7-8H2,(H,17,18). The summed E-state index contributed by atoms with van der Waals surface area (Å²) >= 11 is 6.11. The molecule has 2 N–H and O–H groups in total. The van der Waals surface area contributed by atoms with Crippen LogP contribution in [0.15, 0.2) is 24.3 Å². The Morgan fingerprint density at radius 1 is 1.33 bits per heavy atom. The van der Waals surface area contributed by atoms with Gasteiger partial charge in [-0.05, 0) is 25.3 Å². The van der Waals surface area contributed by atoms with Crippen LogP contribution in [0.4, 0.5) is 4.79 Å². The maximum Gasteiger partial charge on any atom is 0.405 e. The molecule has 1 unspecified atom stereocenters. The van der Waals surface area contributed by atoms with Crippen LogP contribution in [-0.4, -0.2) is 17.0 Å². The normalized spacial score (nSPS) is 23.7. The molecule has 0 aliphatic heterocycles. The smallest absolute Gasteiger partial charge is 0.405 e. The summed E-state index contributed by atoms with van der Waals surface area (Å²) in [6.45, 7) is 0. The van der Waals surface area contributed by atoms with E-state index in [1.54, 1.807) is 24.3 Å². The van der Waals surface area contributed by atoms with E-state index in [1.165, 1.54) is 0 Å². The summed E-state index contributed by atoms with van der Waals surface area (Å²) in [5, 5.41) is 11.8. The molecular formula is C13H14ClNO3. The number of Topliss-reactive ketones (excluding diaryl/α,β-unsaturated/α-hetero) is 1. The van der Waals surface area contributed by atoms with E-state index in [0.717, 1.165) is 12.8 Å². The Kier molecular flexibility index (Phi) is 3.57. The van der Waals surface area contributed by atoms with Crippen LogP contribution >= 0.6 is 11.6 Å². The van der Waals surface area contributed by atoms with Crippen LogP contribution in [0.25, 0.3) is 0 Å². The van der Waals surface area contributed by atoms with Gasteiger partial charge in [0.1, 0.15) is 5.54 Å². The lowest BCUT2D eigenvalue weighted by Crippen LogP contribution is -2.53. The summed E-state index contributed by atoms with van der Waals surface area (Å²) in [7, 11) is 0. The lowest BCUT2D eigenvalue weighted by atomic mass is 9.75. The zero-order valence-corrected chi connectivity index (χ0v) is 10.5. The van der Waals surface area contributed by atoms with Crippen molar-refractivity contribution in [2.45, 2.75) is 31.2 Å². The molecule has 0 heterocycles. The fourth-order valence-corrected chi connectivity index (χ4v) is 2.80. The predicted molar refractivity (Wildman–Crippen MR) is 67.8 cm³/mol. The SMILES string of the molecule is O=C(O)NC1(c2ccccc2Cl)CCCCC1=O. The minimum absolute atomic E-state index is 0.107. The molecule has 1 aromatic rings. The van der Waals surface area contributed by atoms with Gasteiger partial charge in [0.15, 0.2) is 5.78 Å². The number of nitrogens with one attached hydrogen (secondary N) is 1. The zero-order chi connectivity index (χ0) is 13.2. The van der Waals surface area contributed by atoms with Crippen LogP contribution in [0.5, 0.6) is 0 Å². The number of rotatable bonds is 2. The van der Waals surface area contributed by atoms with Gasteiger partial charge in [-0.15, -0.1) is 0 Å². The van der Waals surface area contributed by atoms with Gasteiger partial charge < -0.3 is 10.4 Å². The van der Waals surface area contributed by atoms with Crippen LogP contribution in [0.1, 0.15) is 31.2 Å². The van der Waals surface area contributed by atoms with Crippen LogP contribution in [0, 0.1) is 0 Å². The monoisotopic (exact) mass is 267 g/mol. The van der Waals surface area contributed by atoms with Crippen LogP contribution in [0.2, 0.25) is 5.02 Å². The third-order valence-corrected chi connectivity index (χ3v) is 3.67. The molecule has 0 spiro atoms. The van der Waals surface area contributed by atoms with E-state index in [-0.39, 0.29) is 5.78 Å². The van der Waals surface area contributed by atoms with Gasteiger partial charge in [-0.1, -0.05) is 29.8 Å². The van der Waals surface area contributed by atoms with Crippen molar-refractivity contribution in [1.29, 1.82) is 0 Å². The van der Waals surface area contributed by atoms with Crippen LogP contribution in [-0.2, 0) is 10.3 Å². The van der Waals surface area contributed by atoms with Crippen molar-refractivity contribution in [1.82, 2.24) is 5.32 Å². The molecule has 0 aromatic heterocycles. The highest BCUT2D eigenvalue weighted by atomic mass is 35.5. The Hall–Kier alpha value is -1.55. The fraction of sp³-hybridized carbons (Fsp3) is 0.385. The Morgan fingerprint density at radius 2 is 2.06 bits per heavy atom. The second-order valence-electron chi connectivity index (χ2n) is 4.45. The molecule has 0 bridgehead atoms. The van der Waals surface area contributed by atoms with Gasteiger partial charge in [-0.2, -0.15) is 0 Å². The molecule has 1 atom stereocenters. The number of carboxylic acid groups (broad SMARTS) is 1. The van der Waals surface area contributed by atoms with E-state index in [9.17, 15) is 9.59 Å². The zero-order valence-electron chi connectivity index (χ0n) is 9.78. The summed E-state index contributed by atoms with van der Waals surface area (Å²) in [5.74, 6) is -0.107. The van der Waals surface area contributed by atoms with Gasteiger partial charge in [0.05, 0.1) is 0 Å². The van der Waals surface area contributed by atoms with Crippen molar-refractivity contribution < 1.29 is 14.7 Å². The molecule has 4 nitrogen and oxygen atoms in total. The molecule has 96 valence electrons. The van der Waals surface area contributed by atoms with Gasteiger partial charge in [-0.25, -0.2) is 4.79 Å². The average Bonchev–Trinajstić information content (AvgIpc) is 2.32. The average molecular weight is 268 g/mol. The number of ketones is 1.